The summed E-state index contributed by atoms with van der Waals surface area (Å²) >= 11 is 0. The molecule has 0 aromatic carbocycles. The first-order valence-corrected chi connectivity index (χ1v) is 8.59. The van der Waals surface area contributed by atoms with Gasteiger partial charge in [-0.15, -0.1) is 0 Å². The summed E-state index contributed by atoms with van der Waals surface area (Å²) in [6, 6.07) is 1.37. The van der Waals surface area contributed by atoms with E-state index in [4.69, 9.17) is 0 Å². The van der Waals surface area contributed by atoms with E-state index in [9.17, 15) is 0 Å². The summed E-state index contributed by atoms with van der Waals surface area (Å²) in [6.45, 7) is 11.6. The van der Waals surface area contributed by atoms with E-state index in [1.807, 2.05) is 0 Å². The van der Waals surface area contributed by atoms with Gasteiger partial charge in [0.2, 0.25) is 0 Å². The molecule has 0 radical (unpaired) electrons. The third-order valence-electron chi connectivity index (χ3n) is 5.17. The lowest BCUT2D eigenvalue weighted by molar-refractivity contribution is 0.0455. The molecule has 2 fully saturated rings. The fourth-order valence-corrected chi connectivity index (χ4v) is 3.86. The van der Waals surface area contributed by atoms with E-state index >= 15 is 0 Å². The van der Waals surface area contributed by atoms with Gasteiger partial charge < -0.3 is 0 Å². The highest BCUT2D eigenvalue weighted by Crippen LogP contribution is 2.41. The predicted octanol–water partition coefficient (Wildman–Crippen LogP) is 2.60. The Kier molecular flexibility index (Phi) is 4.36. The second-order valence-corrected chi connectivity index (χ2v) is 7.08. The van der Waals surface area contributed by atoms with Crippen LogP contribution in [0.3, 0.4) is 0 Å². The van der Waals surface area contributed by atoms with Crippen LogP contribution in [0.4, 0.5) is 0 Å². The summed E-state index contributed by atoms with van der Waals surface area (Å²) < 4.78 is 2.11. The van der Waals surface area contributed by atoms with Crippen LogP contribution in [0.15, 0.2) is 6.20 Å². The van der Waals surface area contributed by atoms with Crippen LogP contribution in [0, 0.1) is 0 Å². The third-order valence-corrected chi connectivity index (χ3v) is 5.17. The monoisotopic (exact) mass is 290 g/mol. The Hall–Kier alpha value is -0.870. The SMILES string of the molecule is CC[C@@H]1CN(Cc2cnn(C)c2C2CC2)CCN1C(C)C. The molecule has 0 spiro atoms. The highest BCUT2D eigenvalue weighted by molar-refractivity contribution is 5.25. The minimum atomic E-state index is 0.664. The molecule has 21 heavy (non-hydrogen) atoms. The van der Waals surface area contributed by atoms with Crippen LogP contribution in [-0.4, -0.2) is 51.3 Å². The maximum atomic E-state index is 4.51. The van der Waals surface area contributed by atoms with Crippen LogP contribution in [0.1, 0.15) is 57.2 Å². The average molecular weight is 290 g/mol. The quantitative estimate of drug-likeness (QED) is 0.833. The maximum Gasteiger partial charge on any atom is 0.0537 e. The van der Waals surface area contributed by atoms with Gasteiger partial charge in [0.1, 0.15) is 0 Å². The molecule has 0 unspecified atom stereocenters. The smallest absolute Gasteiger partial charge is 0.0537 e. The number of nitrogens with zero attached hydrogens (tertiary/aromatic N) is 4. The van der Waals surface area contributed by atoms with Crippen LogP contribution in [0.2, 0.25) is 0 Å². The lowest BCUT2D eigenvalue weighted by atomic mass is 10.1. The summed E-state index contributed by atoms with van der Waals surface area (Å²) in [6.07, 6.45) is 6.05. The highest BCUT2D eigenvalue weighted by Gasteiger charge is 2.31. The molecule has 2 heterocycles. The predicted molar refractivity (Wildman–Crippen MR) is 86.4 cm³/mol. The molecule has 1 saturated heterocycles. The van der Waals surface area contributed by atoms with Gasteiger partial charge in [-0.3, -0.25) is 14.5 Å². The van der Waals surface area contributed by atoms with Crippen LogP contribution < -0.4 is 0 Å². The molecular formula is C17H30N4. The number of aryl methyl sites for hydroxylation is 1. The van der Waals surface area contributed by atoms with Crippen molar-refractivity contribution in [3.05, 3.63) is 17.5 Å². The second-order valence-electron chi connectivity index (χ2n) is 7.08. The van der Waals surface area contributed by atoms with E-state index in [1.54, 1.807) is 0 Å². The van der Waals surface area contributed by atoms with Gasteiger partial charge >= 0.3 is 0 Å². The molecule has 0 bridgehead atoms. The molecule has 1 saturated carbocycles. The van der Waals surface area contributed by atoms with Crippen LogP contribution in [-0.2, 0) is 13.6 Å². The molecule has 118 valence electrons. The van der Waals surface area contributed by atoms with Crippen molar-refractivity contribution in [2.24, 2.45) is 7.05 Å². The van der Waals surface area contributed by atoms with Crippen LogP contribution >= 0.6 is 0 Å². The molecule has 0 amide bonds. The van der Waals surface area contributed by atoms with Gasteiger partial charge in [-0.1, -0.05) is 6.92 Å². The van der Waals surface area contributed by atoms with Gasteiger partial charge in [0.25, 0.3) is 0 Å². The number of hydrogen-bond acceptors (Lipinski definition) is 3. The number of rotatable bonds is 5. The molecule has 1 aliphatic heterocycles. The van der Waals surface area contributed by atoms with E-state index in [0.29, 0.717) is 12.1 Å². The van der Waals surface area contributed by atoms with Crippen molar-refractivity contribution < 1.29 is 0 Å². The molecule has 1 aromatic heterocycles. The summed E-state index contributed by atoms with van der Waals surface area (Å²) in [5.74, 6) is 0.784. The second kappa shape index (κ2) is 6.09. The van der Waals surface area contributed by atoms with Crippen molar-refractivity contribution in [3.8, 4) is 0 Å². The normalized spacial score (nSPS) is 24.9. The number of hydrogen-bond donors (Lipinski definition) is 0. The van der Waals surface area contributed by atoms with E-state index in [2.05, 4.69) is 53.6 Å². The van der Waals surface area contributed by atoms with Gasteiger partial charge in [-0.05, 0) is 33.1 Å². The Morgan fingerprint density at radius 1 is 1.29 bits per heavy atom. The minimum Gasteiger partial charge on any atom is -0.296 e. The van der Waals surface area contributed by atoms with E-state index in [0.717, 1.165) is 12.5 Å². The Balaban J connectivity index is 1.66. The first-order valence-electron chi connectivity index (χ1n) is 8.59. The Labute approximate surface area is 129 Å². The molecule has 0 N–H and O–H groups in total. The van der Waals surface area contributed by atoms with E-state index in [-0.39, 0.29) is 0 Å². The lowest BCUT2D eigenvalue weighted by Gasteiger charge is -2.43. The first kappa shape index (κ1) is 15.0. The topological polar surface area (TPSA) is 24.3 Å². The summed E-state index contributed by atoms with van der Waals surface area (Å²) in [5.41, 5.74) is 2.96. The zero-order chi connectivity index (χ0) is 15.0. The van der Waals surface area contributed by atoms with Gasteiger partial charge in [-0.25, -0.2) is 0 Å². The molecule has 3 rings (SSSR count). The van der Waals surface area contributed by atoms with Gasteiger partial charge in [0.15, 0.2) is 0 Å². The summed E-state index contributed by atoms with van der Waals surface area (Å²) in [4.78, 5) is 5.30. The van der Waals surface area contributed by atoms with Crippen molar-refractivity contribution in [1.82, 2.24) is 19.6 Å². The average Bonchev–Trinajstić information content (AvgIpc) is 3.23. The third kappa shape index (κ3) is 3.16. The first-order chi connectivity index (χ1) is 10.1. The molecular weight excluding hydrogens is 260 g/mol. The minimum absolute atomic E-state index is 0.664. The largest absolute Gasteiger partial charge is 0.296 e. The van der Waals surface area contributed by atoms with Crippen LogP contribution in [0.25, 0.3) is 0 Å². The van der Waals surface area contributed by atoms with E-state index in [1.165, 1.54) is 50.2 Å². The molecule has 4 heteroatoms. The van der Waals surface area contributed by atoms with Crippen molar-refractivity contribution in [3.63, 3.8) is 0 Å². The molecule has 1 aromatic rings. The summed E-state index contributed by atoms with van der Waals surface area (Å²) in [5, 5.41) is 4.51. The zero-order valence-corrected chi connectivity index (χ0v) is 14.0. The molecule has 1 aliphatic carbocycles. The van der Waals surface area contributed by atoms with Gasteiger partial charge in [-0.2, -0.15) is 5.10 Å². The van der Waals surface area contributed by atoms with Crippen molar-refractivity contribution >= 4 is 0 Å². The van der Waals surface area contributed by atoms with Crippen LogP contribution in [0.5, 0.6) is 0 Å². The Bertz CT molecular complexity index is 475. The molecule has 1 atom stereocenters. The lowest BCUT2D eigenvalue weighted by Crippen LogP contribution is -2.54. The summed E-state index contributed by atoms with van der Waals surface area (Å²) in [7, 11) is 2.10. The number of piperazine rings is 1. The number of aromatic nitrogens is 2. The Morgan fingerprint density at radius 3 is 2.67 bits per heavy atom. The molecule has 2 aliphatic rings. The molecule has 4 nitrogen and oxygen atoms in total. The fraction of sp³-hybridized carbons (Fsp3) is 0.824. The zero-order valence-electron chi connectivity index (χ0n) is 14.0. The van der Waals surface area contributed by atoms with Crippen molar-refractivity contribution in [1.29, 1.82) is 0 Å². The standard InChI is InChI=1S/C17H30N4/c1-5-16-12-20(8-9-21(16)13(2)3)11-15-10-18-19(4)17(15)14-6-7-14/h10,13-14,16H,5-9,11-12H2,1-4H3/t16-/m1/s1. The van der Waals surface area contributed by atoms with Gasteiger partial charge in [0.05, 0.1) is 6.20 Å². The maximum absolute atomic E-state index is 4.51. The van der Waals surface area contributed by atoms with Gasteiger partial charge in [0, 0.05) is 62.5 Å². The highest BCUT2D eigenvalue weighted by atomic mass is 15.3. The Morgan fingerprint density at radius 2 is 2.05 bits per heavy atom. The van der Waals surface area contributed by atoms with Crippen molar-refractivity contribution in [2.75, 3.05) is 19.6 Å². The van der Waals surface area contributed by atoms with E-state index < -0.39 is 0 Å². The van der Waals surface area contributed by atoms with Crippen molar-refractivity contribution in [2.45, 2.75) is 64.6 Å². The fourth-order valence-electron chi connectivity index (χ4n) is 3.86.